The lowest BCUT2D eigenvalue weighted by Crippen LogP contribution is -2.13. The zero-order valence-electron chi connectivity index (χ0n) is 12.9. The van der Waals surface area contributed by atoms with E-state index in [2.05, 4.69) is 10.4 Å². The molecule has 2 aromatic carbocycles. The average molecular weight is 326 g/mol. The van der Waals surface area contributed by atoms with Crippen LogP contribution < -0.4 is 5.32 Å². The number of carbonyl (C=O) groups is 1. The van der Waals surface area contributed by atoms with Crippen molar-refractivity contribution in [3.05, 3.63) is 76.6 Å². The number of benzene rings is 2. The molecule has 1 amide bonds. The number of rotatable bonds is 3. The van der Waals surface area contributed by atoms with Crippen molar-refractivity contribution in [3.8, 4) is 5.69 Å². The Morgan fingerprint density at radius 1 is 1.09 bits per heavy atom. The Bertz CT molecular complexity index is 856. The van der Waals surface area contributed by atoms with Crippen molar-refractivity contribution >= 4 is 23.2 Å². The molecule has 0 aliphatic rings. The molecule has 0 aliphatic heterocycles. The van der Waals surface area contributed by atoms with Crippen molar-refractivity contribution in [1.82, 2.24) is 9.78 Å². The van der Waals surface area contributed by atoms with Crippen LogP contribution in [0, 0.1) is 13.8 Å². The van der Waals surface area contributed by atoms with Crippen LogP contribution in [0.1, 0.15) is 21.6 Å². The van der Waals surface area contributed by atoms with Crippen LogP contribution in [-0.2, 0) is 0 Å². The summed E-state index contributed by atoms with van der Waals surface area (Å²) in [6.45, 7) is 3.75. The van der Waals surface area contributed by atoms with Crippen LogP contribution in [0.25, 0.3) is 5.69 Å². The van der Waals surface area contributed by atoms with Crippen LogP contribution in [0.2, 0.25) is 5.15 Å². The van der Waals surface area contributed by atoms with Crippen LogP contribution in [0.3, 0.4) is 0 Å². The van der Waals surface area contributed by atoms with Gasteiger partial charge in [-0.3, -0.25) is 4.79 Å². The molecule has 0 fully saturated rings. The topological polar surface area (TPSA) is 46.9 Å². The maximum Gasteiger partial charge on any atom is 0.260 e. The van der Waals surface area contributed by atoms with Gasteiger partial charge in [-0.05, 0) is 43.7 Å². The highest BCUT2D eigenvalue weighted by molar-refractivity contribution is 6.34. The quantitative estimate of drug-likeness (QED) is 0.776. The van der Waals surface area contributed by atoms with Crippen molar-refractivity contribution in [3.63, 3.8) is 0 Å². The summed E-state index contributed by atoms with van der Waals surface area (Å²) in [7, 11) is 0. The lowest BCUT2D eigenvalue weighted by atomic mass is 10.2. The molecule has 23 heavy (non-hydrogen) atoms. The Hall–Kier alpha value is -2.59. The number of nitrogens with one attached hydrogen (secondary N) is 1. The molecule has 0 saturated carbocycles. The molecule has 0 atom stereocenters. The average Bonchev–Trinajstić information content (AvgIpc) is 2.83. The van der Waals surface area contributed by atoms with Crippen molar-refractivity contribution in [2.24, 2.45) is 0 Å². The molecular formula is C18H16ClN3O. The molecule has 1 aromatic heterocycles. The largest absolute Gasteiger partial charge is 0.322 e. The van der Waals surface area contributed by atoms with Gasteiger partial charge in [-0.15, -0.1) is 0 Å². The molecule has 0 spiro atoms. The first-order chi connectivity index (χ1) is 11.1. The summed E-state index contributed by atoms with van der Waals surface area (Å²) in [5.41, 5.74) is 3.60. The summed E-state index contributed by atoms with van der Waals surface area (Å²) in [5, 5.41) is 7.56. The van der Waals surface area contributed by atoms with E-state index in [9.17, 15) is 4.79 Å². The number of hydrogen-bond donors (Lipinski definition) is 1. The molecule has 0 saturated heterocycles. The number of aromatic nitrogens is 2. The highest BCUT2D eigenvalue weighted by Gasteiger charge is 2.21. The first-order valence-electron chi connectivity index (χ1n) is 7.25. The van der Waals surface area contributed by atoms with E-state index >= 15 is 0 Å². The fraction of sp³-hybridized carbons (Fsp3) is 0.111. The van der Waals surface area contributed by atoms with E-state index < -0.39 is 0 Å². The van der Waals surface area contributed by atoms with Crippen LogP contribution in [0.5, 0.6) is 0 Å². The van der Waals surface area contributed by atoms with Crippen LogP contribution in [-0.4, -0.2) is 15.7 Å². The minimum atomic E-state index is -0.264. The van der Waals surface area contributed by atoms with Gasteiger partial charge in [0, 0.05) is 5.69 Å². The van der Waals surface area contributed by atoms with Crippen molar-refractivity contribution < 1.29 is 4.79 Å². The van der Waals surface area contributed by atoms with Crippen molar-refractivity contribution in [1.29, 1.82) is 0 Å². The molecule has 0 bridgehead atoms. The van der Waals surface area contributed by atoms with Gasteiger partial charge in [0.05, 0.1) is 11.4 Å². The van der Waals surface area contributed by atoms with Gasteiger partial charge in [0.25, 0.3) is 5.91 Å². The normalized spacial score (nSPS) is 10.6. The Morgan fingerprint density at radius 2 is 1.83 bits per heavy atom. The third-order valence-electron chi connectivity index (χ3n) is 3.51. The highest BCUT2D eigenvalue weighted by atomic mass is 35.5. The van der Waals surface area contributed by atoms with Crippen molar-refractivity contribution in [2.75, 3.05) is 5.32 Å². The summed E-state index contributed by atoms with van der Waals surface area (Å²) < 4.78 is 1.57. The molecule has 0 unspecified atom stereocenters. The van der Waals surface area contributed by atoms with Crippen LogP contribution in [0.15, 0.2) is 54.6 Å². The predicted octanol–water partition coefficient (Wildman–Crippen LogP) is 4.39. The molecule has 3 rings (SSSR count). The van der Waals surface area contributed by atoms with E-state index in [0.29, 0.717) is 16.4 Å². The number of carbonyl (C=O) groups excluding carboxylic acids is 1. The third kappa shape index (κ3) is 3.12. The smallest absolute Gasteiger partial charge is 0.260 e. The third-order valence-corrected chi connectivity index (χ3v) is 3.86. The first kappa shape index (κ1) is 15.3. The Kier molecular flexibility index (Phi) is 4.17. The summed E-state index contributed by atoms with van der Waals surface area (Å²) in [4.78, 5) is 12.6. The Balaban J connectivity index is 1.94. The monoisotopic (exact) mass is 325 g/mol. The molecule has 0 radical (unpaired) electrons. The van der Waals surface area contributed by atoms with E-state index in [1.165, 1.54) is 0 Å². The number of halogens is 1. The number of hydrogen-bond acceptors (Lipinski definition) is 2. The summed E-state index contributed by atoms with van der Waals surface area (Å²) in [5.74, 6) is -0.264. The second-order valence-electron chi connectivity index (χ2n) is 5.32. The van der Waals surface area contributed by atoms with E-state index in [-0.39, 0.29) is 5.91 Å². The lowest BCUT2D eigenvalue weighted by Gasteiger charge is -2.06. The molecule has 5 heteroatoms. The fourth-order valence-electron chi connectivity index (χ4n) is 2.41. The van der Waals surface area contributed by atoms with Crippen molar-refractivity contribution in [2.45, 2.75) is 13.8 Å². The molecule has 0 aliphatic carbocycles. The minimum Gasteiger partial charge on any atom is -0.322 e. The van der Waals surface area contributed by atoms with Gasteiger partial charge >= 0.3 is 0 Å². The maximum absolute atomic E-state index is 12.6. The standard InChI is InChI=1S/C18H16ClN3O/c1-12-7-6-8-14(11-12)20-18(23)16-13(2)21-22(17(16)19)15-9-4-3-5-10-15/h3-11H,1-2H3,(H,20,23). The van der Waals surface area contributed by atoms with Gasteiger partial charge in [0.15, 0.2) is 0 Å². The van der Waals surface area contributed by atoms with Gasteiger partial charge in [0.1, 0.15) is 10.7 Å². The summed E-state index contributed by atoms with van der Waals surface area (Å²) in [6.07, 6.45) is 0. The lowest BCUT2D eigenvalue weighted by molar-refractivity contribution is 0.102. The first-order valence-corrected chi connectivity index (χ1v) is 7.62. The molecule has 1 N–H and O–H groups in total. The predicted molar refractivity (Wildman–Crippen MR) is 92.4 cm³/mol. The zero-order valence-corrected chi connectivity index (χ0v) is 13.6. The van der Waals surface area contributed by atoms with Crippen LogP contribution >= 0.6 is 11.6 Å². The van der Waals surface area contributed by atoms with Gasteiger partial charge in [-0.1, -0.05) is 41.9 Å². The number of amides is 1. The van der Waals surface area contributed by atoms with Gasteiger partial charge in [0.2, 0.25) is 0 Å². The molecule has 3 aromatic rings. The van der Waals surface area contributed by atoms with E-state index in [1.54, 1.807) is 11.6 Å². The number of anilines is 1. The van der Waals surface area contributed by atoms with E-state index in [1.807, 2.05) is 61.5 Å². The molecular weight excluding hydrogens is 310 g/mol. The number of para-hydroxylation sites is 1. The van der Waals surface area contributed by atoms with E-state index in [4.69, 9.17) is 11.6 Å². The SMILES string of the molecule is Cc1cccc(NC(=O)c2c(C)nn(-c3ccccc3)c2Cl)c1. The molecule has 1 heterocycles. The van der Waals surface area contributed by atoms with Crippen LogP contribution in [0.4, 0.5) is 5.69 Å². The number of nitrogens with zero attached hydrogens (tertiary/aromatic N) is 2. The second kappa shape index (κ2) is 6.26. The van der Waals surface area contributed by atoms with Gasteiger partial charge < -0.3 is 5.32 Å². The molecule has 116 valence electrons. The highest BCUT2D eigenvalue weighted by Crippen LogP contribution is 2.24. The zero-order chi connectivity index (χ0) is 16.4. The molecule has 4 nitrogen and oxygen atoms in total. The van der Waals surface area contributed by atoms with Gasteiger partial charge in [-0.2, -0.15) is 5.10 Å². The fourth-order valence-corrected chi connectivity index (χ4v) is 2.77. The Labute approximate surface area is 139 Å². The van der Waals surface area contributed by atoms with Gasteiger partial charge in [-0.25, -0.2) is 4.68 Å². The minimum absolute atomic E-state index is 0.264. The second-order valence-corrected chi connectivity index (χ2v) is 5.68. The Morgan fingerprint density at radius 3 is 2.52 bits per heavy atom. The van der Waals surface area contributed by atoms with E-state index in [0.717, 1.165) is 16.9 Å². The summed E-state index contributed by atoms with van der Waals surface area (Å²) in [6, 6.07) is 17.1. The summed E-state index contributed by atoms with van der Waals surface area (Å²) >= 11 is 6.40. The maximum atomic E-state index is 12.6. The number of aryl methyl sites for hydroxylation is 2.